The van der Waals surface area contributed by atoms with E-state index in [0.29, 0.717) is 0 Å². The number of nitrogens with zero attached hydrogens (tertiary/aromatic N) is 1. The SMILES string of the molecule is CCC1CCC(N2CCCNCC2)C1. The first-order chi connectivity index (χ1) is 6.90. The van der Waals surface area contributed by atoms with Crippen molar-refractivity contribution >= 4 is 0 Å². The van der Waals surface area contributed by atoms with Crippen LogP contribution in [0.3, 0.4) is 0 Å². The Bertz CT molecular complexity index is 162. The zero-order valence-corrected chi connectivity index (χ0v) is 9.47. The van der Waals surface area contributed by atoms with Crippen LogP contribution in [0.2, 0.25) is 0 Å². The summed E-state index contributed by atoms with van der Waals surface area (Å²) in [6.45, 7) is 7.37. The Balaban J connectivity index is 1.82. The van der Waals surface area contributed by atoms with Crippen LogP contribution < -0.4 is 5.32 Å². The lowest BCUT2D eigenvalue weighted by atomic mass is 10.1. The maximum Gasteiger partial charge on any atom is 0.0110 e. The maximum atomic E-state index is 3.48. The molecule has 0 bridgehead atoms. The van der Waals surface area contributed by atoms with Crippen LogP contribution in [0.15, 0.2) is 0 Å². The lowest BCUT2D eigenvalue weighted by Crippen LogP contribution is -2.36. The summed E-state index contributed by atoms with van der Waals surface area (Å²) in [4.78, 5) is 2.73. The third-order valence-electron chi connectivity index (χ3n) is 3.98. The van der Waals surface area contributed by atoms with Gasteiger partial charge in [0.1, 0.15) is 0 Å². The van der Waals surface area contributed by atoms with E-state index in [0.717, 1.165) is 12.0 Å². The van der Waals surface area contributed by atoms with E-state index < -0.39 is 0 Å². The van der Waals surface area contributed by atoms with Gasteiger partial charge in [-0.1, -0.05) is 13.3 Å². The molecule has 14 heavy (non-hydrogen) atoms. The minimum absolute atomic E-state index is 0.917. The fourth-order valence-electron chi connectivity index (χ4n) is 2.98. The second kappa shape index (κ2) is 5.13. The van der Waals surface area contributed by atoms with Crippen LogP contribution in [-0.2, 0) is 0 Å². The largest absolute Gasteiger partial charge is 0.315 e. The lowest BCUT2D eigenvalue weighted by Gasteiger charge is -2.27. The van der Waals surface area contributed by atoms with Crippen molar-refractivity contribution in [1.29, 1.82) is 0 Å². The maximum absolute atomic E-state index is 3.48. The monoisotopic (exact) mass is 196 g/mol. The summed E-state index contributed by atoms with van der Waals surface area (Å²) in [5.74, 6) is 1.02. The van der Waals surface area contributed by atoms with Crippen LogP contribution in [0.5, 0.6) is 0 Å². The van der Waals surface area contributed by atoms with Crippen molar-refractivity contribution in [1.82, 2.24) is 10.2 Å². The molecule has 2 atom stereocenters. The second-order valence-electron chi connectivity index (χ2n) is 4.88. The summed E-state index contributed by atoms with van der Waals surface area (Å²) in [7, 11) is 0. The van der Waals surface area contributed by atoms with Crippen LogP contribution in [0, 0.1) is 5.92 Å². The first-order valence-electron chi connectivity index (χ1n) is 6.35. The highest BCUT2D eigenvalue weighted by Crippen LogP contribution is 2.31. The molecule has 0 aromatic carbocycles. The number of hydrogen-bond acceptors (Lipinski definition) is 2. The molecule has 2 nitrogen and oxygen atoms in total. The summed E-state index contributed by atoms with van der Waals surface area (Å²) in [6, 6.07) is 0.917. The Hall–Kier alpha value is -0.0800. The van der Waals surface area contributed by atoms with E-state index in [2.05, 4.69) is 17.1 Å². The summed E-state index contributed by atoms with van der Waals surface area (Å²) in [6.07, 6.45) is 7.13. The number of hydrogen-bond donors (Lipinski definition) is 1. The van der Waals surface area contributed by atoms with E-state index in [9.17, 15) is 0 Å². The van der Waals surface area contributed by atoms with Crippen LogP contribution in [-0.4, -0.2) is 37.1 Å². The molecule has 82 valence electrons. The van der Waals surface area contributed by atoms with Crippen molar-refractivity contribution in [2.45, 2.75) is 45.1 Å². The molecule has 2 aliphatic rings. The Morgan fingerprint density at radius 1 is 1.21 bits per heavy atom. The molecule has 1 heterocycles. The Labute approximate surface area is 88.1 Å². The van der Waals surface area contributed by atoms with Gasteiger partial charge in [0.05, 0.1) is 0 Å². The van der Waals surface area contributed by atoms with Crippen LogP contribution >= 0.6 is 0 Å². The van der Waals surface area contributed by atoms with Crippen molar-refractivity contribution < 1.29 is 0 Å². The highest BCUT2D eigenvalue weighted by Gasteiger charge is 2.28. The van der Waals surface area contributed by atoms with E-state index in [1.165, 1.54) is 58.3 Å². The van der Waals surface area contributed by atoms with Crippen molar-refractivity contribution in [2.75, 3.05) is 26.2 Å². The predicted octanol–water partition coefficient (Wildman–Crippen LogP) is 1.86. The smallest absolute Gasteiger partial charge is 0.0110 e. The van der Waals surface area contributed by atoms with Crippen LogP contribution in [0.4, 0.5) is 0 Å². The molecule has 0 aromatic heterocycles. The first kappa shape index (κ1) is 10.4. The second-order valence-corrected chi connectivity index (χ2v) is 4.88. The highest BCUT2D eigenvalue weighted by atomic mass is 15.2. The first-order valence-corrected chi connectivity index (χ1v) is 6.35. The van der Waals surface area contributed by atoms with Crippen molar-refractivity contribution in [3.63, 3.8) is 0 Å². The van der Waals surface area contributed by atoms with E-state index in [-0.39, 0.29) is 0 Å². The van der Waals surface area contributed by atoms with Gasteiger partial charge in [-0.3, -0.25) is 4.90 Å². The van der Waals surface area contributed by atoms with Gasteiger partial charge in [-0.05, 0) is 44.7 Å². The van der Waals surface area contributed by atoms with Gasteiger partial charge in [-0.2, -0.15) is 0 Å². The molecule has 1 aliphatic carbocycles. The Morgan fingerprint density at radius 3 is 2.93 bits per heavy atom. The summed E-state index contributed by atoms with van der Waals surface area (Å²) >= 11 is 0. The van der Waals surface area contributed by atoms with Gasteiger partial charge >= 0.3 is 0 Å². The minimum atomic E-state index is 0.917. The molecule has 1 saturated carbocycles. The number of nitrogens with one attached hydrogen (secondary N) is 1. The molecule has 2 rings (SSSR count). The normalized spacial score (nSPS) is 35.8. The van der Waals surface area contributed by atoms with E-state index in [1.807, 2.05) is 0 Å². The third-order valence-corrected chi connectivity index (χ3v) is 3.98. The molecule has 2 fully saturated rings. The standard InChI is InChI=1S/C12H24N2/c1-2-11-4-5-12(10-11)14-8-3-6-13-7-9-14/h11-13H,2-10H2,1H3. The summed E-state index contributed by atoms with van der Waals surface area (Å²) < 4.78 is 0. The molecule has 0 amide bonds. The van der Waals surface area contributed by atoms with E-state index >= 15 is 0 Å². The molecule has 1 saturated heterocycles. The van der Waals surface area contributed by atoms with E-state index in [4.69, 9.17) is 0 Å². The van der Waals surface area contributed by atoms with Gasteiger partial charge in [0.25, 0.3) is 0 Å². The van der Waals surface area contributed by atoms with Crippen LogP contribution in [0.1, 0.15) is 39.0 Å². The minimum Gasteiger partial charge on any atom is -0.315 e. The topological polar surface area (TPSA) is 15.3 Å². The zero-order chi connectivity index (χ0) is 9.80. The predicted molar refractivity (Wildman–Crippen MR) is 60.5 cm³/mol. The van der Waals surface area contributed by atoms with Gasteiger partial charge in [0.15, 0.2) is 0 Å². The molecule has 2 unspecified atom stereocenters. The van der Waals surface area contributed by atoms with Crippen molar-refractivity contribution in [3.05, 3.63) is 0 Å². The van der Waals surface area contributed by atoms with Crippen molar-refractivity contribution in [2.24, 2.45) is 5.92 Å². The van der Waals surface area contributed by atoms with Gasteiger partial charge in [0.2, 0.25) is 0 Å². The van der Waals surface area contributed by atoms with Crippen LogP contribution in [0.25, 0.3) is 0 Å². The molecular weight excluding hydrogens is 172 g/mol. The Kier molecular flexibility index (Phi) is 3.82. The fraction of sp³-hybridized carbons (Fsp3) is 1.00. The molecular formula is C12H24N2. The summed E-state index contributed by atoms with van der Waals surface area (Å²) in [5.41, 5.74) is 0. The van der Waals surface area contributed by atoms with Gasteiger partial charge in [-0.15, -0.1) is 0 Å². The zero-order valence-electron chi connectivity index (χ0n) is 9.47. The van der Waals surface area contributed by atoms with E-state index in [1.54, 1.807) is 0 Å². The summed E-state index contributed by atoms with van der Waals surface area (Å²) in [5, 5.41) is 3.48. The quantitative estimate of drug-likeness (QED) is 0.725. The average Bonchev–Trinajstić information content (AvgIpc) is 2.53. The molecule has 1 aliphatic heterocycles. The highest BCUT2D eigenvalue weighted by molar-refractivity contribution is 4.83. The van der Waals surface area contributed by atoms with Gasteiger partial charge in [-0.25, -0.2) is 0 Å². The molecule has 0 radical (unpaired) electrons. The Morgan fingerprint density at radius 2 is 2.14 bits per heavy atom. The number of rotatable bonds is 2. The molecule has 2 heteroatoms. The average molecular weight is 196 g/mol. The van der Waals surface area contributed by atoms with Crippen molar-refractivity contribution in [3.8, 4) is 0 Å². The van der Waals surface area contributed by atoms with Gasteiger partial charge in [0, 0.05) is 19.1 Å². The molecule has 0 spiro atoms. The molecule has 1 N–H and O–H groups in total. The van der Waals surface area contributed by atoms with Gasteiger partial charge < -0.3 is 5.32 Å². The fourth-order valence-corrected chi connectivity index (χ4v) is 2.98. The molecule has 0 aromatic rings. The third kappa shape index (κ3) is 2.48. The lowest BCUT2D eigenvalue weighted by molar-refractivity contribution is 0.207.